The Labute approximate surface area is 173 Å². The van der Waals surface area contributed by atoms with Crippen molar-refractivity contribution in [3.05, 3.63) is 64.2 Å². The molecule has 0 fully saturated rings. The molecule has 0 radical (unpaired) electrons. The van der Waals surface area contributed by atoms with E-state index in [4.69, 9.17) is 4.74 Å². The highest BCUT2D eigenvalue weighted by molar-refractivity contribution is 5.99. The van der Waals surface area contributed by atoms with Gasteiger partial charge in [0.05, 0.1) is 10.5 Å². The van der Waals surface area contributed by atoms with E-state index in [0.717, 1.165) is 0 Å². The first-order chi connectivity index (χ1) is 14.0. The number of carbonyl (C=O) groups excluding carboxylic acids is 3. The molecule has 2 aromatic carbocycles. The van der Waals surface area contributed by atoms with Gasteiger partial charge in [0, 0.05) is 17.2 Å². The smallest absolute Gasteiger partial charge is 0.338 e. The predicted octanol–water partition coefficient (Wildman–Crippen LogP) is 3.76. The zero-order valence-corrected chi connectivity index (χ0v) is 17.1. The summed E-state index contributed by atoms with van der Waals surface area (Å²) in [6.07, 6.45) is -1.20. The normalized spacial score (nSPS) is 11.9. The average Bonchev–Trinajstić information content (AvgIpc) is 2.67. The number of carbonyl (C=O) groups is 3. The second kappa shape index (κ2) is 9.17. The summed E-state index contributed by atoms with van der Waals surface area (Å²) in [4.78, 5) is 47.2. The highest BCUT2D eigenvalue weighted by Crippen LogP contribution is 2.23. The second-order valence-corrected chi connectivity index (χ2v) is 7.60. The lowest BCUT2D eigenvalue weighted by Crippen LogP contribution is -2.30. The molecule has 158 valence electrons. The number of benzene rings is 2. The summed E-state index contributed by atoms with van der Waals surface area (Å²) in [6, 6.07) is 11.8. The quantitative estimate of drug-likeness (QED) is 0.422. The fourth-order valence-corrected chi connectivity index (χ4v) is 2.30. The molecule has 0 heterocycles. The van der Waals surface area contributed by atoms with Gasteiger partial charge in [-0.05, 0) is 31.2 Å². The Kier molecular flexibility index (Phi) is 6.89. The maximum absolute atomic E-state index is 12.4. The molecule has 1 atom stereocenters. The molecule has 0 aliphatic heterocycles. The topological polar surface area (TPSA) is 128 Å². The fourth-order valence-electron chi connectivity index (χ4n) is 2.30. The lowest BCUT2D eigenvalue weighted by molar-refractivity contribution is -0.383. The van der Waals surface area contributed by atoms with E-state index in [1.54, 1.807) is 32.9 Å². The molecule has 0 aliphatic rings. The molecule has 0 saturated carbocycles. The van der Waals surface area contributed by atoms with Gasteiger partial charge < -0.3 is 15.4 Å². The molecule has 2 rings (SSSR count). The zero-order valence-electron chi connectivity index (χ0n) is 17.1. The SMILES string of the molecule is CC(OC(=O)c1cccc(NC(=O)C(C)(C)C)c1)C(=O)Nc1ccccc1[N+](=O)[O-]. The Hall–Kier alpha value is -3.75. The van der Waals surface area contributed by atoms with E-state index in [1.165, 1.54) is 43.3 Å². The first-order valence-electron chi connectivity index (χ1n) is 9.16. The number of amides is 2. The number of ether oxygens (including phenoxy) is 1. The number of rotatable bonds is 6. The summed E-state index contributed by atoms with van der Waals surface area (Å²) in [5, 5.41) is 16.1. The van der Waals surface area contributed by atoms with Crippen LogP contribution in [0.25, 0.3) is 0 Å². The van der Waals surface area contributed by atoms with E-state index in [0.29, 0.717) is 5.69 Å². The molecule has 9 heteroatoms. The van der Waals surface area contributed by atoms with Crippen LogP contribution in [0.2, 0.25) is 0 Å². The molecule has 0 aromatic heterocycles. The van der Waals surface area contributed by atoms with Crippen LogP contribution in [0.15, 0.2) is 48.5 Å². The van der Waals surface area contributed by atoms with Gasteiger partial charge in [0.1, 0.15) is 5.69 Å². The van der Waals surface area contributed by atoms with Crippen LogP contribution in [0.5, 0.6) is 0 Å². The van der Waals surface area contributed by atoms with Crippen molar-refractivity contribution >= 4 is 34.8 Å². The van der Waals surface area contributed by atoms with Gasteiger partial charge in [-0.2, -0.15) is 0 Å². The van der Waals surface area contributed by atoms with Crippen molar-refractivity contribution in [1.29, 1.82) is 0 Å². The molecule has 9 nitrogen and oxygen atoms in total. The first kappa shape index (κ1) is 22.5. The molecule has 0 saturated heterocycles. The van der Waals surface area contributed by atoms with Crippen LogP contribution in [-0.4, -0.2) is 28.8 Å². The molecular formula is C21H23N3O6. The predicted molar refractivity (Wildman–Crippen MR) is 111 cm³/mol. The van der Waals surface area contributed by atoms with Crippen molar-refractivity contribution in [2.45, 2.75) is 33.8 Å². The number of nitrogens with one attached hydrogen (secondary N) is 2. The molecule has 0 spiro atoms. The lowest BCUT2D eigenvalue weighted by Gasteiger charge is -2.18. The number of nitro groups is 1. The Morgan fingerprint density at radius 3 is 2.33 bits per heavy atom. The van der Waals surface area contributed by atoms with E-state index in [-0.39, 0.29) is 22.8 Å². The van der Waals surface area contributed by atoms with Gasteiger partial charge in [0.25, 0.3) is 11.6 Å². The van der Waals surface area contributed by atoms with Gasteiger partial charge >= 0.3 is 5.97 Å². The zero-order chi connectivity index (χ0) is 22.5. The van der Waals surface area contributed by atoms with Crippen molar-refractivity contribution < 1.29 is 24.0 Å². The Morgan fingerprint density at radius 1 is 1.03 bits per heavy atom. The van der Waals surface area contributed by atoms with Gasteiger partial charge in [0.2, 0.25) is 5.91 Å². The molecule has 30 heavy (non-hydrogen) atoms. The maximum atomic E-state index is 12.4. The Bertz CT molecular complexity index is 981. The third-order valence-electron chi connectivity index (χ3n) is 4.05. The van der Waals surface area contributed by atoms with Crippen molar-refractivity contribution in [3.8, 4) is 0 Å². The molecule has 1 unspecified atom stereocenters. The molecule has 2 N–H and O–H groups in total. The standard InChI is InChI=1S/C21H23N3O6/c1-13(18(25)23-16-10-5-6-11-17(16)24(28)29)30-19(26)14-8-7-9-15(12-14)22-20(27)21(2,3)4/h5-13H,1-4H3,(H,22,27)(H,23,25). The number of para-hydroxylation sites is 2. The summed E-state index contributed by atoms with van der Waals surface area (Å²) in [5.41, 5.74) is -0.314. The second-order valence-electron chi connectivity index (χ2n) is 7.60. The van der Waals surface area contributed by atoms with Gasteiger partial charge in [0.15, 0.2) is 6.10 Å². The number of hydrogen-bond donors (Lipinski definition) is 2. The van der Waals surface area contributed by atoms with Gasteiger partial charge in [-0.25, -0.2) is 4.79 Å². The highest BCUT2D eigenvalue weighted by Gasteiger charge is 2.24. The molecule has 2 aromatic rings. The number of anilines is 2. The monoisotopic (exact) mass is 413 g/mol. The van der Waals surface area contributed by atoms with E-state index >= 15 is 0 Å². The Balaban J connectivity index is 2.05. The summed E-state index contributed by atoms with van der Waals surface area (Å²) < 4.78 is 5.16. The number of nitro benzene ring substituents is 1. The van der Waals surface area contributed by atoms with Crippen LogP contribution >= 0.6 is 0 Å². The van der Waals surface area contributed by atoms with Crippen LogP contribution in [0, 0.1) is 15.5 Å². The van der Waals surface area contributed by atoms with Crippen molar-refractivity contribution in [2.75, 3.05) is 10.6 Å². The van der Waals surface area contributed by atoms with E-state index < -0.39 is 28.3 Å². The summed E-state index contributed by atoms with van der Waals surface area (Å²) in [7, 11) is 0. The third-order valence-corrected chi connectivity index (χ3v) is 4.05. The largest absolute Gasteiger partial charge is 0.449 e. The highest BCUT2D eigenvalue weighted by atomic mass is 16.6. The van der Waals surface area contributed by atoms with E-state index in [1.807, 2.05) is 0 Å². The van der Waals surface area contributed by atoms with Crippen LogP contribution < -0.4 is 10.6 Å². The first-order valence-corrected chi connectivity index (χ1v) is 9.16. The number of hydrogen-bond acceptors (Lipinski definition) is 6. The van der Waals surface area contributed by atoms with Crippen LogP contribution in [0.1, 0.15) is 38.1 Å². The minimum Gasteiger partial charge on any atom is -0.449 e. The van der Waals surface area contributed by atoms with Crippen molar-refractivity contribution in [2.24, 2.45) is 5.41 Å². The maximum Gasteiger partial charge on any atom is 0.338 e. The summed E-state index contributed by atoms with van der Waals surface area (Å²) >= 11 is 0. The lowest BCUT2D eigenvalue weighted by atomic mass is 9.95. The van der Waals surface area contributed by atoms with Gasteiger partial charge in [-0.1, -0.05) is 39.0 Å². The van der Waals surface area contributed by atoms with Crippen LogP contribution in [0.4, 0.5) is 17.1 Å². The van der Waals surface area contributed by atoms with Gasteiger partial charge in [-0.15, -0.1) is 0 Å². The Morgan fingerprint density at radius 2 is 1.70 bits per heavy atom. The minimum absolute atomic E-state index is 0.00212. The molecular weight excluding hydrogens is 390 g/mol. The van der Waals surface area contributed by atoms with Crippen molar-refractivity contribution in [3.63, 3.8) is 0 Å². The molecule has 2 amide bonds. The minimum atomic E-state index is -1.20. The van der Waals surface area contributed by atoms with Crippen LogP contribution in [0.3, 0.4) is 0 Å². The van der Waals surface area contributed by atoms with Gasteiger partial charge in [-0.3, -0.25) is 19.7 Å². The fraction of sp³-hybridized carbons (Fsp3) is 0.286. The molecule has 0 bridgehead atoms. The summed E-state index contributed by atoms with van der Waals surface area (Å²) in [5.74, 6) is -1.70. The van der Waals surface area contributed by atoms with E-state index in [9.17, 15) is 24.5 Å². The molecule has 0 aliphatic carbocycles. The third kappa shape index (κ3) is 5.87. The average molecular weight is 413 g/mol. The summed E-state index contributed by atoms with van der Waals surface area (Å²) in [6.45, 7) is 6.64. The van der Waals surface area contributed by atoms with Crippen LogP contribution in [-0.2, 0) is 14.3 Å². The van der Waals surface area contributed by atoms with E-state index in [2.05, 4.69) is 10.6 Å². The number of esters is 1. The number of nitrogens with zero attached hydrogens (tertiary/aromatic N) is 1. The van der Waals surface area contributed by atoms with Crippen molar-refractivity contribution in [1.82, 2.24) is 0 Å².